The third-order valence-electron chi connectivity index (χ3n) is 3.43. The van der Waals surface area contributed by atoms with Gasteiger partial charge in [-0.25, -0.2) is 4.39 Å². The average molecular weight is 278 g/mol. The van der Waals surface area contributed by atoms with Gasteiger partial charge in [0, 0.05) is 5.02 Å². The molecule has 2 rings (SSSR count). The number of benzene rings is 2. The molecule has 1 unspecified atom stereocenters. The van der Waals surface area contributed by atoms with Gasteiger partial charge in [-0.2, -0.15) is 0 Å². The monoisotopic (exact) mass is 277 g/mol. The average Bonchev–Trinajstić information content (AvgIpc) is 2.31. The smallest absolute Gasteiger partial charge is 0.123 e. The number of aryl methyl sites for hydroxylation is 3. The minimum absolute atomic E-state index is 0.235. The van der Waals surface area contributed by atoms with Crippen LogP contribution in [0.25, 0.3) is 0 Å². The maximum atomic E-state index is 13.4. The van der Waals surface area contributed by atoms with Crippen LogP contribution in [0.3, 0.4) is 0 Å². The first-order chi connectivity index (χ1) is 8.91. The van der Waals surface area contributed by atoms with Crippen LogP contribution in [0.15, 0.2) is 30.3 Å². The highest BCUT2D eigenvalue weighted by Crippen LogP contribution is 2.32. The third-order valence-corrected chi connectivity index (χ3v) is 3.94. The molecule has 1 nitrogen and oxygen atoms in total. The zero-order valence-corrected chi connectivity index (χ0v) is 12.1. The number of nitrogens with two attached hydrogens (primary N) is 1. The van der Waals surface area contributed by atoms with Crippen molar-refractivity contribution in [3.05, 3.63) is 69.0 Å². The van der Waals surface area contributed by atoms with E-state index >= 15 is 0 Å². The molecule has 0 heterocycles. The van der Waals surface area contributed by atoms with E-state index < -0.39 is 0 Å². The fraction of sp³-hybridized carbons (Fsp3) is 0.250. The Bertz CT molecular complexity index is 599. The summed E-state index contributed by atoms with van der Waals surface area (Å²) in [5.41, 5.74) is 10.8. The van der Waals surface area contributed by atoms with Gasteiger partial charge in [-0.3, -0.25) is 0 Å². The molecular weight excluding hydrogens is 261 g/mol. The first kappa shape index (κ1) is 14.0. The summed E-state index contributed by atoms with van der Waals surface area (Å²) in [6, 6.07) is 8.47. The highest BCUT2D eigenvalue weighted by Gasteiger charge is 2.18. The van der Waals surface area contributed by atoms with Gasteiger partial charge in [-0.1, -0.05) is 29.8 Å². The van der Waals surface area contributed by atoms with E-state index in [0.717, 1.165) is 27.8 Å². The third kappa shape index (κ3) is 2.65. The summed E-state index contributed by atoms with van der Waals surface area (Å²) in [5, 5.41) is 0.679. The van der Waals surface area contributed by atoms with Gasteiger partial charge in [-0.05, 0) is 60.7 Å². The lowest BCUT2D eigenvalue weighted by Crippen LogP contribution is -2.16. The molecule has 0 aliphatic carbocycles. The standard InChI is InChI=1S/C16H17ClFN/c1-9-5-4-6-13(15(9)17)16(19)14-10(2)7-12(18)8-11(14)3/h4-8,16H,19H2,1-3H3. The first-order valence-corrected chi connectivity index (χ1v) is 6.57. The molecule has 2 N–H and O–H groups in total. The lowest BCUT2D eigenvalue weighted by Gasteiger charge is -2.20. The van der Waals surface area contributed by atoms with Gasteiger partial charge in [0.15, 0.2) is 0 Å². The second-order valence-electron chi connectivity index (χ2n) is 4.91. The van der Waals surface area contributed by atoms with Crippen molar-refractivity contribution in [2.75, 3.05) is 0 Å². The van der Waals surface area contributed by atoms with Crippen molar-refractivity contribution in [2.24, 2.45) is 5.73 Å². The van der Waals surface area contributed by atoms with E-state index in [0.29, 0.717) is 5.02 Å². The molecule has 3 heteroatoms. The molecule has 0 saturated carbocycles. The van der Waals surface area contributed by atoms with Crippen LogP contribution in [-0.2, 0) is 0 Å². The minimum Gasteiger partial charge on any atom is -0.320 e. The van der Waals surface area contributed by atoms with Crippen molar-refractivity contribution in [3.8, 4) is 0 Å². The molecule has 0 aliphatic heterocycles. The van der Waals surface area contributed by atoms with E-state index in [9.17, 15) is 4.39 Å². The van der Waals surface area contributed by atoms with Gasteiger partial charge in [0.25, 0.3) is 0 Å². The topological polar surface area (TPSA) is 26.0 Å². The Morgan fingerprint density at radius 1 is 1.05 bits per heavy atom. The van der Waals surface area contributed by atoms with Gasteiger partial charge in [-0.15, -0.1) is 0 Å². The zero-order valence-electron chi connectivity index (χ0n) is 11.3. The Kier molecular flexibility index (Phi) is 3.93. The molecule has 2 aromatic carbocycles. The quantitative estimate of drug-likeness (QED) is 0.862. The van der Waals surface area contributed by atoms with Gasteiger partial charge < -0.3 is 5.73 Å². The Hall–Kier alpha value is -1.38. The Morgan fingerprint density at radius 3 is 2.21 bits per heavy atom. The highest BCUT2D eigenvalue weighted by atomic mass is 35.5. The lowest BCUT2D eigenvalue weighted by atomic mass is 9.91. The molecule has 1 atom stereocenters. The summed E-state index contributed by atoms with van der Waals surface area (Å²) in [6.45, 7) is 5.69. The van der Waals surface area contributed by atoms with Crippen molar-refractivity contribution in [1.82, 2.24) is 0 Å². The zero-order chi connectivity index (χ0) is 14.2. The molecule has 0 spiro atoms. The van der Waals surface area contributed by atoms with Crippen LogP contribution in [0.2, 0.25) is 5.02 Å². The van der Waals surface area contributed by atoms with Crippen LogP contribution in [0.4, 0.5) is 4.39 Å². The molecule has 100 valence electrons. The van der Waals surface area contributed by atoms with Gasteiger partial charge >= 0.3 is 0 Å². The predicted octanol–water partition coefficient (Wildman–Crippen LogP) is 4.45. The van der Waals surface area contributed by atoms with Crippen molar-refractivity contribution >= 4 is 11.6 Å². The fourth-order valence-corrected chi connectivity index (χ4v) is 2.72. The maximum absolute atomic E-state index is 13.4. The normalized spacial score (nSPS) is 12.5. The van der Waals surface area contributed by atoms with Crippen LogP contribution >= 0.6 is 11.6 Å². The molecule has 0 saturated heterocycles. The van der Waals surface area contributed by atoms with Crippen LogP contribution in [0.5, 0.6) is 0 Å². The Balaban J connectivity index is 2.56. The molecular formula is C16H17ClFN. The van der Waals surface area contributed by atoms with Crippen molar-refractivity contribution in [3.63, 3.8) is 0 Å². The number of halogens is 2. The fourth-order valence-electron chi connectivity index (χ4n) is 2.48. The van der Waals surface area contributed by atoms with E-state index in [1.165, 1.54) is 12.1 Å². The summed E-state index contributed by atoms with van der Waals surface area (Å²) in [7, 11) is 0. The van der Waals surface area contributed by atoms with Crippen LogP contribution in [0, 0.1) is 26.6 Å². The second kappa shape index (κ2) is 5.32. The molecule has 19 heavy (non-hydrogen) atoms. The van der Waals surface area contributed by atoms with Crippen molar-refractivity contribution < 1.29 is 4.39 Å². The Labute approximate surface area is 118 Å². The van der Waals surface area contributed by atoms with Crippen LogP contribution in [0.1, 0.15) is 33.9 Å². The van der Waals surface area contributed by atoms with Crippen LogP contribution < -0.4 is 5.73 Å². The number of hydrogen-bond donors (Lipinski definition) is 1. The summed E-state index contributed by atoms with van der Waals surface area (Å²) in [4.78, 5) is 0. The maximum Gasteiger partial charge on any atom is 0.123 e. The SMILES string of the molecule is Cc1cccc(C(N)c2c(C)cc(F)cc2C)c1Cl. The summed E-state index contributed by atoms with van der Waals surface area (Å²) < 4.78 is 13.4. The van der Waals surface area contributed by atoms with Crippen molar-refractivity contribution in [1.29, 1.82) is 0 Å². The van der Waals surface area contributed by atoms with E-state index in [2.05, 4.69) is 0 Å². The van der Waals surface area contributed by atoms with E-state index in [-0.39, 0.29) is 11.9 Å². The van der Waals surface area contributed by atoms with Gasteiger partial charge in [0.05, 0.1) is 6.04 Å². The van der Waals surface area contributed by atoms with E-state index in [4.69, 9.17) is 17.3 Å². The lowest BCUT2D eigenvalue weighted by molar-refractivity contribution is 0.623. The first-order valence-electron chi connectivity index (χ1n) is 6.19. The summed E-state index contributed by atoms with van der Waals surface area (Å²) in [5.74, 6) is -0.235. The summed E-state index contributed by atoms with van der Waals surface area (Å²) >= 11 is 6.32. The van der Waals surface area contributed by atoms with E-state index in [1.807, 2.05) is 39.0 Å². The molecule has 0 aliphatic rings. The van der Waals surface area contributed by atoms with E-state index in [1.54, 1.807) is 0 Å². The molecule has 2 aromatic rings. The highest BCUT2D eigenvalue weighted by molar-refractivity contribution is 6.32. The largest absolute Gasteiger partial charge is 0.320 e. The second-order valence-corrected chi connectivity index (χ2v) is 5.29. The van der Waals surface area contributed by atoms with Gasteiger partial charge in [0.2, 0.25) is 0 Å². The van der Waals surface area contributed by atoms with Crippen LogP contribution in [-0.4, -0.2) is 0 Å². The predicted molar refractivity (Wildman–Crippen MR) is 78.1 cm³/mol. The Morgan fingerprint density at radius 2 is 1.63 bits per heavy atom. The number of hydrogen-bond acceptors (Lipinski definition) is 1. The summed E-state index contributed by atoms with van der Waals surface area (Å²) in [6.07, 6.45) is 0. The molecule has 0 bridgehead atoms. The molecule has 0 amide bonds. The minimum atomic E-state index is -0.340. The molecule has 0 radical (unpaired) electrons. The van der Waals surface area contributed by atoms with Gasteiger partial charge in [0.1, 0.15) is 5.82 Å². The van der Waals surface area contributed by atoms with Crippen molar-refractivity contribution in [2.45, 2.75) is 26.8 Å². The number of rotatable bonds is 2. The molecule has 0 aromatic heterocycles. The molecule has 0 fully saturated rings.